The van der Waals surface area contributed by atoms with Crippen LogP contribution in [0.25, 0.3) is 28.0 Å². The summed E-state index contributed by atoms with van der Waals surface area (Å²) < 4.78 is 12.0. The van der Waals surface area contributed by atoms with Crippen LogP contribution < -0.4 is 4.74 Å². The van der Waals surface area contributed by atoms with Gasteiger partial charge < -0.3 is 19.7 Å². The summed E-state index contributed by atoms with van der Waals surface area (Å²) in [5.74, 6) is -0.200. The number of carboxylic acids is 1. The van der Waals surface area contributed by atoms with E-state index in [0.29, 0.717) is 54.3 Å². The number of thiophene rings is 1. The largest absolute Gasteiger partial charge is 0.508 e. The van der Waals surface area contributed by atoms with Gasteiger partial charge >= 0.3 is 5.97 Å². The predicted octanol–water partition coefficient (Wildman–Crippen LogP) is 6.47. The van der Waals surface area contributed by atoms with Crippen LogP contribution in [0.15, 0.2) is 70.9 Å². The number of fused-ring (bicyclic) bond motifs is 1. The van der Waals surface area contributed by atoms with Crippen molar-refractivity contribution >= 4 is 68.4 Å². The minimum atomic E-state index is -0.975. The molecule has 2 fully saturated rings. The summed E-state index contributed by atoms with van der Waals surface area (Å²) in [5, 5.41) is 23.3. The van der Waals surface area contributed by atoms with Crippen LogP contribution in [0, 0.1) is 0 Å². The monoisotopic (exact) mass is 646 g/mol. The lowest BCUT2D eigenvalue weighted by molar-refractivity contribution is -0.122. The highest BCUT2D eigenvalue weighted by Crippen LogP contribution is 2.36. The van der Waals surface area contributed by atoms with E-state index in [9.17, 15) is 19.8 Å². The molecule has 0 radical (unpaired) electrons. The third-order valence-corrected chi connectivity index (χ3v) is 9.77. The van der Waals surface area contributed by atoms with Crippen LogP contribution in [0.4, 0.5) is 0 Å². The summed E-state index contributed by atoms with van der Waals surface area (Å²) in [4.78, 5) is 30.2. The number of benzene rings is 3. The van der Waals surface area contributed by atoms with Crippen LogP contribution in [-0.4, -0.2) is 75.7 Å². The van der Waals surface area contributed by atoms with E-state index in [1.807, 2.05) is 24.3 Å². The molecule has 0 bridgehead atoms. The first kappa shape index (κ1) is 30.3. The van der Waals surface area contributed by atoms with E-state index in [1.54, 1.807) is 46.6 Å². The van der Waals surface area contributed by atoms with Crippen molar-refractivity contribution in [2.45, 2.75) is 13.0 Å². The number of aromatic hydroxyl groups is 1. The highest BCUT2D eigenvalue weighted by Gasteiger charge is 2.31. The zero-order valence-electron chi connectivity index (χ0n) is 23.7. The molecular weight excluding hydrogens is 617 g/mol. The number of hydrogen-bond acceptors (Lipinski definition) is 9. The molecule has 2 aliphatic rings. The molecule has 3 aromatic carbocycles. The number of phenols is 1. The summed E-state index contributed by atoms with van der Waals surface area (Å²) >= 11 is 8.41. The molecule has 44 heavy (non-hydrogen) atoms. The number of carboxylic acid groups (broad SMARTS) is 1. The van der Waals surface area contributed by atoms with E-state index in [1.165, 1.54) is 11.8 Å². The fraction of sp³-hybridized carbons (Fsp3) is 0.242. The van der Waals surface area contributed by atoms with Crippen LogP contribution >= 0.6 is 35.3 Å². The van der Waals surface area contributed by atoms with E-state index in [4.69, 9.17) is 21.7 Å². The van der Waals surface area contributed by atoms with Gasteiger partial charge in [-0.3, -0.25) is 14.6 Å². The Kier molecular flexibility index (Phi) is 9.29. The topological polar surface area (TPSA) is 99.5 Å². The number of carbonyl (C=O) groups excluding carboxylic acids is 1. The molecule has 4 aromatic rings. The summed E-state index contributed by atoms with van der Waals surface area (Å²) in [6, 6.07) is 18.4. The second kappa shape index (κ2) is 13.5. The number of thioether (sulfide) groups is 1. The Morgan fingerprint density at radius 2 is 1.82 bits per heavy atom. The SMILES string of the molecule is O=C(O)c1ccc(OCCCN2C(=O)C(=Cc3cc(-c4ccc5cc(O)ccc5c4)cs3)SC2=S)c(CN2CCOCC2)c1. The average molecular weight is 647 g/mol. The van der Waals surface area contributed by atoms with Crippen LogP contribution in [-0.2, 0) is 16.1 Å². The number of nitrogens with zero attached hydrogens (tertiary/aromatic N) is 2. The molecule has 0 spiro atoms. The zero-order valence-corrected chi connectivity index (χ0v) is 26.2. The molecule has 8 nitrogen and oxygen atoms in total. The van der Waals surface area contributed by atoms with Gasteiger partial charge in [-0.15, -0.1) is 11.3 Å². The minimum absolute atomic E-state index is 0.112. The maximum atomic E-state index is 13.2. The number of aromatic carboxylic acids is 1. The molecule has 0 saturated carbocycles. The van der Waals surface area contributed by atoms with Crippen molar-refractivity contribution in [2.24, 2.45) is 0 Å². The third kappa shape index (κ3) is 6.98. The Morgan fingerprint density at radius 3 is 2.64 bits per heavy atom. The molecule has 1 aromatic heterocycles. The number of thiocarbonyl (C=S) groups is 1. The first-order valence-electron chi connectivity index (χ1n) is 14.2. The van der Waals surface area contributed by atoms with E-state index in [-0.39, 0.29) is 17.2 Å². The van der Waals surface area contributed by atoms with Crippen LogP contribution in [0.3, 0.4) is 0 Å². The number of carbonyl (C=O) groups is 2. The lowest BCUT2D eigenvalue weighted by Crippen LogP contribution is -2.35. The lowest BCUT2D eigenvalue weighted by Gasteiger charge is -2.27. The number of hydrogen-bond donors (Lipinski definition) is 2. The lowest BCUT2D eigenvalue weighted by atomic mass is 10.0. The highest BCUT2D eigenvalue weighted by atomic mass is 32.2. The van der Waals surface area contributed by atoms with E-state index < -0.39 is 5.97 Å². The zero-order chi connectivity index (χ0) is 30.6. The van der Waals surface area contributed by atoms with Gasteiger partial charge in [-0.1, -0.05) is 42.2 Å². The molecular formula is C33H30N2O6S3. The van der Waals surface area contributed by atoms with Crippen LogP contribution in [0.2, 0.25) is 0 Å². The van der Waals surface area contributed by atoms with Gasteiger partial charge in [0.25, 0.3) is 5.91 Å². The van der Waals surface area contributed by atoms with Crippen molar-refractivity contribution in [1.29, 1.82) is 0 Å². The van der Waals surface area contributed by atoms with Crippen LogP contribution in [0.1, 0.15) is 27.2 Å². The molecule has 6 rings (SSSR count). The maximum absolute atomic E-state index is 13.2. The molecule has 0 atom stereocenters. The molecule has 1 amide bonds. The van der Waals surface area contributed by atoms with E-state index in [2.05, 4.69) is 22.4 Å². The number of ether oxygens (including phenoxy) is 2. The number of amides is 1. The van der Waals surface area contributed by atoms with Gasteiger partial charge in [-0.2, -0.15) is 0 Å². The maximum Gasteiger partial charge on any atom is 0.335 e. The van der Waals surface area contributed by atoms with Crippen molar-refractivity contribution in [3.05, 3.63) is 87.0 Å². The molecule has 226 valence electrons. The Balaban J connectivity index is 1.06. The Bertz CT molecular complexity index is 1760. The normalized spacial score (nSPS) is 16.7. The smallest absolute Gasteiger partial charge is 0.335 e. The van der Waals surface area contributed by atoms with Gasteiger partial charge in [0, 0.05) is 36.6 Å². The molecule has 0 unspecified atom stereocenters. The second-order valence-corrected chi connectivity index (χ2v) is 13.2. The van der Waals surface area contributed by atoms with Crippen molar-refractivity contribution in [2.75, 3.05) is 39.5 Å². The fourth-order valence-corrected chi connectivity index (χ4v) is 7.42. The van der Waals surface area contributed by atoms with E-state index in [0.717, 1.165) is 45.4 Å². The average Bonchev–Trinajstić information content (AvgIpc) is 3.59. The quantitative estimate of drug-likeness (QED) is 0.114. The number of rotatable bonds is 10. The Morgan fingerprint density at radius 1 is 1.02 bits per heavy atom. The predicted molar refractivity (Wildman–Crippen MR) is 178 cm³/mol. The van der Waals surface area contributed by atoms with Crippen molar-refractivity contribution < 1.29 is 29.3 Å². The molecule has 2 saturated heterocycles. The minimum Gasteiger partial charge on any atom is -0.508 e. The number of morpholine rings is 1. The Labute approximate surface area is 268 Å². The summed E-state index contributed by atoms with van der Waals surface area (Å²) in [5.41, 5.74) is 3.17. The fourth-order valence-electron chi connectivity index (χ4n) is 5.20. The van der Waals surface area contributed by atoms with Crippen molar-refractivity contribution in [1.82, 2.24) is 9.80 Å². The number of phenolic OH excluding ortho intramolecular Hbond substituents is 1. The Hall–Kier alpha value is -3.74. The van der Waals surface area contributed by atoms with Crippen molar-refractivity contribution in [3.8, 4) is 22.6 Å². The van der Waals surface area contributed by atoms with E-state index >= 15 is 0 Å². The van der Waals surface area contributed by atoms with Gasteiger partial charge in [0.15, 0.2) is 0 Å². The van der Waals surface area contributed by atoms with Gasteiger partial charge in [-0.25, -0.2) is 4.79 Å². The standard InChI is InChI=1S/C33H30N2O6S3/c36-27-6-4-21-14-22(2-3-23(21)16-27)26-17-28(43-20-26)18-30-31(37)35(33(42)44-30)8-1-11-41-29-7-5-24(32(38)39)15-25(29)19-34-9-12-40-13-10-34/h2-7,14-18,20,36H,1,8-13,19H2,(H,38,39). The molecule has 11 heteroatoms. The first-order valence-corrected chi connectivity index (χ1v) is 16.3. The molecule has 0 aliphatic carbocycles. The van der Waals surface area contributed by atoms with Gasteiger partial charge in [0.05, 0.1) is 30.3 Å². The first-order chi connectivity index (χ1) is 21.3. The third-order valence-electron chi connectivity index (χ3n) is 7.51. The summed E-state index contributed by atoms with van der Waals surface area (Å²) in [7, 11) is 0. The van der Waals surface area contributed by atoms with Crippen molar-refractivity contribution in [3.63, 3.8) is 0 Å². The molecule has 3 heterocycles. The van der Waals surface area contributed by atoms with Gasteiger partial charge in [-0.05, 0) is 82.2 Å². The summed E-state index contributed by atoms with van der Waals surface area (Å²) in [6.45, 7) is 4.22. The second-order valence-electron chi connectivity index (χ2n) is 10.5. The molecule has 2 aliphatic heterocycles. The summed E-state index contributed by atoms with van der Waals surface area (Å²) in [6.07, 6.45) is 2.46. The highest BCUT2D eigenvalue weighted by molar-refractivity contribution is 8.26. The van der Waals surface area contributed by atoms with Gasteiger partial charge in [0.1, 0.15) is 15.8 Å². The van der Waals surface area contributed by atoms with Crippen LogP contribution in [0.5, 0.6) is 11.5 Å². The molecule has 2 N–H and O–H groups in total. The van der Waals surface area contributed by atoms with Gasteiger partial charge in [0.2, 0.25) is 0 Å².